The van der Waals surface area contributed by atoms with Crippen LogP contribution in [-0.2, 0) is 0 Å². The molecule has 3 heterocycles. The Morgan fingerprint density at radius 2 is 2.07 bits per heavy atom. The van der Waals surface area contributed by atoms with Gasteiger partial charge in [0.2, 0.25) is 0 Å². The molecule has 28 heavy (non-hydrogen) atoms. The minimum atomic E-state index is 0.261. The fourth-order valence-corrected chi connectivity index (χ4v) is 7.02. The molecule has 1 saturated heterocycles. The third-order valence-corrected chi connectivity index (χ3v) is 8.90. The number of nitrogens with one attached hydrogen (secondary N) is 1. The van der Waals surface area contributed by atoms with Gasteiger partial charge in [0.25, 0.3) is 0 Å². The van der Waals surface area contributed by atoms with Gasteiger partial charge < -0.3 is 15.0 Å². The fourth-order valence-electron chi connectivity index (χ4n) is 4.76. The van der Waals surface area contributed by atoms with Crippen molar-refractivity contribution in [3.05, 3.63) is 18.6 Å². The van der Waals surface area contributed by atoms with Crippen molar-refractivity contribution in [1.82, 2.24) is 19.3 Å². The zero-order chi connectivity index (χ0) is 19.5. The summed E-state index contributed by atoms with van der Waals surface area (Å²) in [5.41, 5.74) is 0.917. The minimum absolute atomic E-state index is 0.261. The van der Waals surface area contributed by atoms with Gasteiger partial charge in [-0.2, -0.15) is 0 Å². The standard InChI is InChI=1S/C21H33N5OS/c1-3-28(26-11-9-17(12-26)13-27)14-16-4-6-18(7-5-16)25(2)21-19-8-10-22-20(19)23-15-24-21/h3,8,10,15-18,27H,4-7,9,11-14H2,1-2H3,(H,22,23,24). The van der Waals surface area contributed by atoms with Crippen molar-refractivity contribution in [3.63, 3.8) is 0 Å². The summed E-state index contributed by atoms with van der Waals surface area (Å²) in [5, 5.41) is 13.0. The second-order valence-electron chi connectivity index (χ2n) is 8.25. The first-order valence-corrected chi connectivity index (χ1v) is 12.0. The molecule has 2 N–H and O–H groups in total. The summed E-state index contributed by atoms with van der Waals surface area (Å²) in [4.78, 5) is 14.4. The Hall–Kier alpha value is -1.44. The maximum absolute atomic E-state index is 9.44. The van der Waals surface area contributed by atoms with Gasteiger partial charge in [-0.25, -0.2) is 9.97 Å². The van der Waals surface area contributed by atoms with Crippen LogP contribution in [0.4, 0.5) is 5.82 Å². The van der Waals surface area contributed by atoms with Crippen LogP contribution in [0.3, 0.4) is 0 Å². The molecule has 0 amide bonds. The summed E-state index contributed by atoms with van der Waals surface area (Å²) in [6.07, 6.45) is 9.81. The van der Waals surface area contributed by atoms with Gasteiger partial charge in [0.1, 0.15) is 17.8 Å². The molecule has 0 spiro atoms. The molecular formula is C21H33N5OS. The van der Waals surface area contributed by atoms with Crippen molar-refractivity contribution in [1.29, 1.82) is 0 Å². The lowest BCUT2D eigenvalue weighted by molar-refractivity contribution is 0.234. The van der Waals surface area contributed by atoms with Gasteiger partial charge in [0, 0.05) is 44.7 Å². The largest absolute Gasteiger partial charge is 0.396 e. The van der Waals surface area contributed by atoms with Gasteiger partial charge in [0.05, 0.1) is 5.39 Å². The highest BCUT2D eigenvalue weighted by atomic mass is 32.2. The third kappa shape index (κ3) is 4.11. The molecule has 0 aromatic carbocycles. The van der Waals surface area contributed by atoms with E-state index in [4.69, 9.17) is 0 Å². The first kappa shape index (κ1) is 19.9. The second kappa shape index (κ2) is 8.93. The van der Waals surface area contributed by atoms with Crippen LogP contribution in [-0.4, -0.2) is 68.3 Å². The quantitative estimate of drug-likeness (QED) is 0.725. The number of aromatic amines is 1. The number of hydrogen-bond donors (Lipinski definition) is 2. The molecule has 0 radical (unpaired) electrons. The van der Waals surface area contributed by atoms with Crippen molar-refractivity contribution in [2.45, 2.75) is 45.1 Å². The monoisotopic (exact) mass is 403 g/mol. The zero-order valence-electron chi connectivity index (χ0n) is 17.0. The molecule has 2 aromatic heterocycles. The average molecular weight is 404 g/mol. The molecule has 7 heteroatoms. The molecule has 6 nitrogen and oxygen atoms in total. The summed E-state index contributed by atoms with van der Waals surface area (Å²) in [6, 6.07) is 2.63. The average Bonchev–Trinajstić information content (AvgIpc) is 3.41. The van der Waals surface area contributed by atoms with Crippen LogP contribution in [0.25, 0.3) is 11.0 Å². The first-order valence-electron chi connectivity index (χ1n) is 10.6. The number of hydrogen-bond acceptors (Lipinski definition) is 5. The van der Waals surface area contributed by atoms with Crippen LogP contribution in [0.5, 0.6) is 0 Å². The number of fused-ring (bicyclic) bond motifs is 1. The Bertz CT molecular complexity index is 814. The normalized spacial score (nSPS) is 27.5. The number of aliphatic hydroxyl groups is 1. The fraction of sp³-hybridized carbons (Fsp3) is 0.667. The van der Waals surface area contributed by atoms with E-state index in [1.807, 2.05) is 6.20 Å². The lowest BCUT2D eigenvalue weighted by atomic mass is 9.86. The van der Waals surface area contributed by atoms with Crippen LogP contribution in [0.1, 0.15) is 39.0 Å². The van der Waals surface area contributed by atoms with Gasteiger partial charge in [-0.05, 0) is 56.9 Å². The van der Waals surface area contributed by atoms with Crippen molar-refractivity contribution >= 4 is 32.9 Å². The van der Waals surface area contributed by atoms with E-state index >= 15 is 0 Å². The summed E-state index contributed by atoms with van der Waals surface area (Å²) in [6.45, 7) is 4.78. The van der Waals surface area contributed by atoms with E-state index in [0.717, 1.165) is 42.3 Å². The lowest BCUT2D eigenvalue weighted by Crippen LogP contribution is -2.36. The van der Waals surface area contributed by atoms with Crippen LogP contribution in [0, 0.1) is 11.8 Å². The van der Waals surface area contributed by atoms with Crippen LogP contribution in [0.15, 0.2) is 18.6 Å². The van der Waals surface area contributed by atoms with Crippen LogP contribution in [0.2, 0.25) is 0 Å². The predicted molar refractivity (Wildman–Crippen MR) is 119 cm³/mol. The Morgan fingerprint density at radius 1 is 1.25 bits per heavy atom. The number of aliphatic hydroxyl groups excluding tert-OH is 1. The van der Waals surface area contributed by atoms with Crippen LogP contribution < -0.4 is 4.90 Å². The van der Waals surface area contributed by atoms with Crippen molar-refractivity contribution in [2.24, 2.45) is 11.8 Å². The third-order valence-electron chi connectivity index (χ3n) is 6.55. The summed E-state index contributed by atoms with van der Waals surface area (Å²) in [7, 11) is 2.45. The van der Waals surface area contributed by atoms with E-state index in [0.29, 0.717) is 18.6 Å². The van der Waals surface area contributed by atoms with Gasteiger partial charge in [-0.15, -0.1) is 10.7 Å². The molecule has 2 atom stereocenters. The van der Waals surface area contributed by atoms with Gasteiger partial charge >= 0.3 is 0 Å². The smallest absolute Gasteiger partial charge is 0.142 e. The Kier molecular flexibility index (Phi) is 6.33. The first-order chi connectivity index (χ1) is 13.7. The molecule has 4 rings (SSSR count). The second-order valence-corrected chi connectivity index (χ2v) is 10.4. The Labute approximate surface area is 170 Å². The molecule has 2 fully saturated rings. The van der Waals surface area contributed by atoms with Crippen molar-refractivity contribution in [3.8, 4) is 0 Å². The zero-order valence-corrected chi connectivity index (χ0v) is 17.9. The van der Waals surface area contributed by atoms with E-state index < -0.39 is 0 Å². The van der Waals surface area contributed by atoms with E-state index in [2.05, 4.69) is 49.6 Å². The Balaban J connectivity index is 1.33. The number of nitrogens with zero attached hydrogens (tertiary/aromatic N) is 4. The Morgan fingerprint density at radius 3 is 2.79 bits per heavy atom. The number of H-pyrrole nitrogens is 1. The summed E-state index contributed by atoms with van der Waals surface area (Å²) in [5.74, 6) is 3.64. The molecule has 1 aliphatic carbocycles. The highest BCUT2D eigenvalue weighted by molar-refractivity contribution is 8.12. The molecule has 0 bridgehead atoms. The molecule has 2 aliphatic rings. The maximum atomic E-state index is 9.44. The van der Waals surface area contributed by atoms with Gasteiger partial charge in [-0.3, -0.25) is 4.31 Å². The van der Waals surface area contributed by atoms with Gasteiger partial charge in [0.15, 0.2) is 0 Å². The molecule has 1 saturated carbocycles. The molecule has 2 aromatic rings. The topological polar surface area (TPSA) is 68.3 Å². The SMILES string of the molecule is CC=S(CC1CCC(N(C)c2ncnc3[nH]ccc23)CC1)N1CCC(CO)C1. The molecule has 154 valence electrons. The van der Waals surface area contributed by atoms with Gasteiger partial charge in [-0.1, -0.05) is 5.37 Å². The highest BCUT2D eigenvalue weighted by Crippen LogP contribution is 2.36. The number of rotatable bonds is 6. The van der Waals surface area contributed by atoms with E-state index in [1.165, 1.54) is 31.4 Å². The lowest BCUT2D eigenvalue weighted by Gasteiger charge is -2.36. The van der Waals surface area contributed by atoms with E-state index in [9.17, 15) is 5.11 Å². The van der Waals surface area contributed by atoms with E-state index in [1.54, 1.807) is 6.33 Å². The predicted octanol–water partition coefficient (Wildman–Crippen LogP) is 3.27. The number of anilines is 1. The molecular weight excluding hydrogens is 370 g/mol. The van der Waals surface area contributed by atoms with Crippen LogP contribution >= 0.6 is 10.7 Å². The van der Waals surface area contributed by atoms with Crippen molar-refractivity contribution in [2.75, 3.05) is 37.4 Å². The summed E-state index contributed by atoms with van der Waals surface area (Å²) >= 11 is 0. The highest BCUT2D eigenvalue weighted by Gasteiger charge is 2.29. The molecule has 1 aliphatic heterocycles. The van der Waals surface area contributed by atoms with E-state index in [-0.39, 0.29) is 10.7 Å². The van der Waals surface area contributed by atoms with Crippen molar-refractivity contribution < 1.29 is 5.11 Å². The minimum Gasteiger partial charge on any atom is -0.396 e. The number of aromatic nitrogens is 3. The molecule has 2 unspecified atom stereocenters. The summed E-state index contributed by atoms with van der Waals surface area (Å²) < 4.78 is 2.61. The maximum Gasteiger partial charge on any atom is 0.142 e.